The first kappa shape index (κ1) is 60.1. The SMILES string of the molecule is CCCCCCCCC(CCCCCC)CN1C(=O)C2=C(c3ccc(-c4ccc5c6ccc(C)cc6c6oc(-c7ccccc7)c(-c7ccccc7)c6c5c4)s3)N(CC(CCCCCC)CCCCCCCC)C(=O)C2=C1c1ccc(C)s1. The Hall–Kier alpha value is -6.02. The van der Waals surface area contributed by atoms with E-state index in [4.69, 9.17) is 4.42 Å². The summed E-state index contributed by atoms with van der Waals surface area (Å²) >= 11 is 3.45. The number of furan rings is 1. The highest BCUT2D eigenvalue weighted by Crippen LogP contribution is 2.52. The lowest BCUT2D eigenvalue weighted by Crippen LogP contribution is -2.34. The Balaban J connectivity index is 1.10. The van der Waals surface area contributed by atoms with Crippen LogP contribution in [0.4, 0.5) is 0 Å². The van der Waals surface area contributed by atoms with Crippen LogP contribution in [0.2, 0.25) is 0 Å². The molecule has 2 atom stereocenters. The number of nitrogens with zero attached hydrogens (tertiary/aromatic N) is 2. The number of hydrogen-bond acceptors (Lipinski definition) is 5. The highest BCUT2D eigenvalue weighted by molar-refractivity contribution is 7.16. The van der Waals surface area contributed by atoms with Gasteiger partial charge in [0, 0.05) is 44.7 Å². The first-order valence-electron chi connectivity index (χ1n) is 32.6. The van der Waals surface area contributed by atoms with Crippen molar-refractivity contribution in [2.75, 3.05) is 13.1 Å². The molecule has 5 nitrogen and oxygen atoms in total. The molecule has 436 valence electrons. The summed E-state index contributed by atoms with van der Waals surface area (Å²) in [5, 5.41) is 5.71. The average molecular weight is 1150 g/mol. The summed E-state index contributed by atoms with van der Waals surface area (Å²) in [5.41, 5.74) is 9.38. The van der Waals surface area contributed by atoms with Crippen LogP contribution in [0, 0.1) is 25.7 Å². The Morgan fingerprint density at radius 3 is 1.41 bits per heavy atom. The van der Waals surface area contributed by atoms with Crippen LogP contribution >= 0.6 is 22.7 Å². The molecule has 10 rings (SSSR count). The topological polar surface area (TPSA) is 53.8 Å². The van der Waals surface area contributed by atoms with Gasteiger partial charge in [-0.25, -0.2) is 0 Å². The second kappa shape index (κ2) is 29.2. The fraction of sp³-hybridized carbons (Fsp3) is 0.447. The number of amides is 2. The second-order valence-electron chi connectivity index (χ2n) is 24.4. The van der Waals surface area contributed by atoms with Crippen molar-refractivity contribution in [2.45, 2.75) is 196 Å². The largest absolute Gasteiger partial charge is 0.455 e. The lowest BCUT2D eigenvalue weighted by molar-refractivity contribution is -0.124. The molecular weight excluding hydrogens is 1050 g/mol. The standard InChI is InChI=1S/C76H92N2O3S2/c1-7-11-15-19-21-27-35-55(33-25-17-13-9-3)51-77-71(65-46-42-54(6)82-65)69-70(76(77)80)72(78(75(69)79)52-56(34-26-18-14-10-4)36-28-22-20-16-12-8-2)66-48-47-64(83-66)59-43-45-60-61-44-41-53(5)49-63(61)74-68(62(60)50-59)67(57-37-29-23-30-38-57)73(81-74)58-39-31-24-32-40-58/h23-24,29-32,37-50,55-56H,7-22,25-28,33-36,51-52H2,1-6H3. The fourth-order valence-electron chi connectivity index (χ4n) is 13.5. The molecule has 7 heteroatoms. The quantitative estimate of drug-likeness (QED) is 0.0304. The minimum absolute atomic E-state index is 0.0107. The maximum Gasteiger partial charge on any atom is 0.261 e. The lowest BCUT2D eigenvalue weighted by atomic mass is 9.91. The van der Waals surface area contributed by atoms with E-state index in [1.165, 1.54) is 144 Å². The van der Waals surface area contributed by atoms with Gasteiger partial charge in [-0.2, -0.15) is 0 Å². The van der Waals surface area contributed by atoms with Crippen molar-refractivity contribution >= 4 is 78.4 Å². The van der Waals surface area contributed by atoms with Gasteiger partial charge in [-0.3, -0.25) is 9.59 Å². The van der Waals surface area contributed by atoms with E-state index < -0.39 is 0 Å². The summed E-state index contributed by atoms with van der Waals surface area (Å²) in [6.45, 7) is 14.7. The number of rotatable bonds is 33. The number of thiophene rings is 2. The van der Waals surface area contributed by atoms with Gasteiger partial charge in [0.05, 0.1) is 32.3 Å². The Bertz CT molecular complexity index is 3520. The van der Waals surface area contributed by atoms with E-state index in [1.54, 1.807) is 22.7 Å². The Morgan fingerprint density at radius 1 is 0.422 bits per heavy atom. The van der Waals surface area contributed by atoms with Gasteiger partial charge in [0.15, 0.2) is 0 Å². The third-order valence-electron chi connectivity index (χ3n) is 18.0. The summed E-state index contributed by atoms with van der Waals surface area (Å²) in [4.78, 5) is 40.6. The van der Waals surface area contributed by atoms with E-state index in [1.807, 2.05) is 0 Å². The lowest BCUT2D eigenvalue weighted by Gasteiger charge is -2.29. The van der Waals surface area contributed by atoms with Crippen LogP contribution in [-0.4, -0.2) is 34.7 Å². The monoisotopic (exact) mass is 1140 g/mol. The van der Waals surface area contributed by atoms with Gasteiger partial charge in [0.2, 0.25) is 0 Å². The third kappa shape index (κ3) is 13.7. The summed E-state index contributed by atoms with van der Waals surface area (Å²) in [6, 6.07) is 43.8. The maximum atomic E-state index is 16.0. The van der Waals surface area contributed by atoms with Gasteiger partial charge in [0.1, 0.15) is 11.3 Å². The number of fused-ring (bicyclic) bond motifs is 7. The number of hydrogen-bond donors (Lipinski definition) is 0. The van der Waals surface area contributed by atoms with Gasteiger partial charge in [0.25, 0.3) is 11.8 Å². The van der Waals surface area contributed by atoms with E-state index in [0.29, 0.717) is 36.1 Å². The Labute approximate surface area is 505 Å². The first-order valence-corrected chi connectivity index (χ1v) is 34.2. The predicted molar refractivity (Wildman–Crippen MR) is 357 cm³/mol. The summed E-state index contributed by atoms with van der Waals surface area (Å²) in [5.74, 6) is 1.60. The molecule has 0 radical (unpaired) electrons. The molecule has 5 heterocycles. The molecule has 3 aromatic heterocycles. The van der Waals surface area contributed by atoms with Crippen molar-refractivity contribution in [1.82, 2.24) is 9.80 Å². The molecule has 0 saturated heterocycles. The van der Waals surface area contributed by atoms with Crippen molar-refractivity contribution in [1.29, 1.82) is 0 Å². The summed E-state index contributed by atoms with van der Waals surface area (Å²) in [6.07, 6.45) is 29.1. The Kier molecular flexibility index (Phi) is 21.1. The highest BCUT2D eigenvalue weighted by atomic mass is 32.1. The predicted octanol–water partition coefficient (Wildman–Crippen LogP) is 23.0. The van der Waals surface area contributed by atoms with Gasteiger partial charge in [-0.15, -0.1) is 22.7 Å². The molecule has 0 fully saturated rings. The van der Waals surface area contributed by atoms with Crippen molar-refractivity contribution in [3.8, 4) is 32.9 Å². The number of aryl methyl sites for hydroxylation is 2. The van der Waals surface area contributed by atoms with E-state index in [-0.39, 0.29) is 11.8 Å². The summed E-state index contributed by atoms with van der Waals surface area (Å²) in [7, 11) is 0. The van der Waals surface area contributed by atoms with Crippen LogP contribution in [0.3, 0.4) is 0 Å². The minimum atomic E-state index is 0.0107. The van der Waals surface area contributed by atoms with E-state index in [2.05, 4.69) is 173 Å². The summed E-state index contributed by atoms with van der Waals surface area (Å²) < 4.78 is 7.18. The molecule has 83 heavy (non-hydrogen) atoms. The van der Waals surface area contributed by atoms with Gasteiger partial charge in [-0.05, 0) is 115 Å². The molecule has 2 aliphatic rings. The van der Waals surface area contributed by atoms with Crippen molar-refractivity contribution < 1.29 is 14.0 Å². The van der Waals surface area contributed by atoms with Crippen molar-refractivity contribution in [3.05, 3.63) is 153 Å². The average Bonchev–Trinajstić information content (AvgIpc) is 2.04. The van der Waals surface area contributed by atoms with Crippen LogP contribution < -0.4 is 0 Å². The number of carbonyl (C=O) groups is 2. The molecule has 2 aliphatic heterocycles. The zero-order valence-corrected chi connectivity index (χ0v) is 52.7. The number of carbonyl (C=O) groups excluding carboxylic acids is 2. The fourth-order valence-corrected chi connectivity index (χ4v) is 15.5. The molecule has 5 aromatic carbocycles. The van der Waals surface area contributed by atoms with Crippen LogP contribution in [0.1, 0.15) is 202 Å². The number of unbranched alkanes of at least 4 members (excludes halogenated alkanes) is 16. The van der Waals surface area contributed by atoms with E-state index in [9.17, 15) is 0 Å². The first-order chi connectivity index (χ1) is 40.7. The van der Waals surface area contributed by atoms with Crippen LogP contribution in [0.25, 0.3) is 76.8 Å². The smallest absolute Gasteiger partial charge is 0.261 e. The molecule has 0 spiro atoms. The molecule has 0 bridgehead atoms. The highest BCUT2D eigenvalue weighted by Gasteiger charge is 2.50. The van der Waals surface area contributed by atoms with Gasteiger partial charge < -0.3 is 14.2 Å². The zero-order chi connectivity index (χ0) is 57.7. The second-order valence-corrected chi connectivity index (χ2v) is 26.8. The van der Waals surface area contributed by atoms with Crippen LogP contribution in [-0.2, 0) is 9.59 Å². The van der Waals surface area contributed by atoms with Crippen LogP contribution in [0.5, 0.6) is 0 Å². The molecule has 0 N–H and O–H groups in total. The minimum Gasteiger partial charge on any atom is -0.455 e. The zero-order valence-electron chi connectivity index (χ0n) is 51.0. The molecule has 2 unspecified atom stereocenters. The molecule has 8 aromatic rings. The Morgan fingerprint density at radius 2 is 0.880 bits per heavy atom. The maximum absolute atomic E-state index is 16.0. The molecule has 0 saturated carbocycles. The van der Waals surface area contributed by atoms with Gasteiger partial charge >= 0.3 is 0 Å². The molecule has 0 aliphatic carbocycles. The third-order valence-corrected chi connectivity index (χ3v) is 20.2. The van der Waals surface area contributed by atoms with Crippen molar-refractivity contribution in [2.24, 2.45) is 11.8 Å². The van der Waals surface area contributed by atoms with E-state index in [0.717, 1.165) is 107 Å². The van der Waals surface area contributed by atoms with Gasteiger partial charge in [-0.1, -0.05) is 247 Å². The molecule has 2 amide bonds. The van der Waals surface area contributed by atoms with Crippen molar-refractivity contribution in [3.63, 3.8) is 0 Å². The van der Waals surface area contributed by atoms with Crippen LogP contribution in [0.15, 0.2) is 137 Å². The molecular formula is C76H92N2O3S2. The van der Waals surface area contributed by atoms with E-state index >= 15 is 9.59 Å². The normalized spacial score (nSPS) is 14.5. The number of benzene rings is 5.